The first-order valence-corrected chi connectivity index (χ1v) is 10.9. The molecule has 0 radical (unpaired) electrons. The average molecular weight is 436 g/mol. The monoisotopic (exact) mass is 436 g/mol. The number of carbonyl (C=O) groups is 2. The molecule has 0 bridgehead atoms. The summed E-state index contributed by atoms with van der Waals surface area (Å²) in [6.45, 7) is 3.22. The molecule has 3 rings (SSSR count). The van der Waals surface area contributed by atoms with Crippen LogP contribution in [0.15, 0.2) is 35.4 Å². The maximum absolute atomic E-state index is 12.8. The second-order valence-electron chi connectivity index (χ2n) is 6.57. The fourth-order valence-electron chi connectivity index (χ4n) is 3.05. The lowest BCUT2D eigenvalue weighted by atomic mass is 10.3. The van der Waals surface area contributed by atoms with E-state index >= 15 is 0 Å². The van der Waals surface area contributed by atoms with Gasteiger partial charge in [0.25, 0.3) is 5.91 Å². The first kappa shape index (κ1) is 21.7. The molecule has 2 amide bonds. The number of rotatable bonds is 7. The molecule has 0 unspecified atom stereocenters. The highest BCUT2D eigenvalue weighted by atomic mass is 32.2. The summed E-state index contributed by atoms with van der Waals surface area (Å²) >= 11 is 0. The van der Waals surface area contributed by atoms with Gasteiger partial charge in [0.15, 0.2) is 5.69 Å². The van der Waals surface area contributed by atoms with Crippen molar-refractivity contribution in [3.05, 3.63) is 36.2 Å². The number of hydrogen-bond donors (Lipinski definition) is 1. The zero-order valence-electron chi connectivity index (χ0n) is 16.8. The van der Waals surface area contributed by atoms with Crippen molar-refractivity contribution in [2.24, 2.45) is 0 Å². The SMILES string of the molecule is CCOc1ccc(S(=O)(=O)N2CCN(C(=O)Cn3cc(C(=O)NC)nn3)CC2)cc1. The minimum absolute atomic E-state index is 0.0738. The van der Waals surface area contributed by atoms with Crippen LogP contribution in [0.25, 0.3) is 0 Å². The standard InChI is InChI=1S/C18H24N6O5S/c1-3-29-14-4-6-15(7-5-14)30(27,28)24-10-8-22(9-11-24)17(25)13-23-12-16(20-21-23)18(26)19-2/h4-7,12H,3,8-11,13H2,1-2H3,(H,19,26). The molecule has 1 saturated heterocycles. The normalized spacial score (nSPS) is 15.1. The molecular weight excluding hydrogens is 412 g/mol. The topological polar surface area (TPSA) is 127 Å². The Kier molecular flexibility index (Phi) is 6.67. The molecule has 1 N–H and O–H groups in total. The van der Waals surface area contributed by atoms with E-state index in [0.29, 0.717) is 12.4 Å². The Morgan fingerprint density at radius 3 is 2.40 bits per heavy atom. The zero-order valence-corrected chi connectivity index (χ0v) is 17.6. The Labute approximate surface area is 174 Å². The summed E-state index contributed by atoms with van der Waals surface area (Å²) in [7, 11) is -2.16. The number of carbonyl (C=O) groups excluding carboxylic acids is 2. The molecule has 0 aliphatic carbocycles. The van der Waals surface area contributed by atoms with Crippen LogP contribution in [0.5, 0.6) is 5.75 Å². The van der Waals surface area contributed by atoms with Crippen molar-refractivity contribution in [3.63, 3.8) is 0 Å². The molecule has 1 aliphatic heterocycles. The van der Waals surface area contributed by atoms with E-state index < -0.39 is 10.0 Å². The van der Waals surface area contributed by atoms with Crippen molar-refractivity contribution in [1.29, 1.82) is 0 Å². The molecule has 12 heteroatoms. The highest BCUT2D eigenvalue weighted by molar-refractivity contribution is 7.89. The van der Waals surface area contributed by atoms with Crippen molar-refractivity contribution in [3.8, 4) is 5.75 Å². The first-order chi connectivity index (χ1) is 14.3. The Hall–Kier alpha value is -2.99. The number of aromatic nitrogens is 3. The van der Waals surface area contributed by atoms with Gasteiger partial charge in [-0.3, -0.25) is 9.59 Å². The third kappa shape index (κ3) is 4.76. The van der Waals surface area contributed by atoms with Crippen molar-refractivity contribution >= 4 is 21.8 Å². The molecule has 1 aromatic heterocycles. The van der Waals surface area contributed by atoms with Crippen LogP contribution >= 0.6 is 0 Å². The third-order valence-corrected chi connectivity index (χ3v) is 6.57. The van der Waals surface area contributed by atoms with Gasteiger partial charge in [-0.15, -0.1) is 5.10 Å². The van der Waals surface area contributed by atoms with Crippen molar-refractivity contribution < 1.29 is 22.7 Å². The molecule has 162 valence electrons. The van der Waals surface area contributed by atoms with Gasteiger partial charge < -0.3 is 15.0 Å². The first-order valence-electron chi connectivity index (χ1n) is 9.48. The van der Waals surface area contributed by atoms with Crippen LogP contribution in [-0.4, -0.2) is 84.3 Å². The summed E-state index contributed by atoms with van der Waals surface area (Å²) in [6, 6.07) is 6.29. The molecule has 0 saturated carbocycles. The molecule has 0 atom stereocenters. The van der Waals surface area contributed by atoms with E-state index in [4.69, 9.17) is 4.74 Å². The smallest absolute Gasteiger partial charge is 0.273 e. The molecule has 2 aromatic rings. The lowest BCUT2D eigenvalue weighted by Gasteiger charge is -2.34. The number of hydrogen-bond acceptors (Lipinski definition) is 7. The highest BCUT2D eigenvalue weighted by Gasteiger charge is 2.30. The number of nitrogens with one attached hydrogen (secondary N) is 1. The van der Waals surface area contributed by atoms with Crippen LogP contribution in [0.2, 0.25) is 0 Å². The van der Waals surface area contributed by atoms with E-state index in [2.05, 4.69) is 15.6 Å². The maximum atomic E-state index is 12.8. The summed E-state index contributed by atoms with van der Waals surface area (Å²) in [5.41, 5.74) is 0.122. The minimum Gasteiger partial charge on any atom is -0.494 e. The summed E-state index contributed by atoms with van der Waals surface area (Å²) in [5.74, 6) is 0.00262. The minimum atomic E-state index is -3.64. The van der Waals surface area contributed by atoms with Gasteiger partial charge in [-0.05, 0) is 31.2 Å². The second-order valence-corrected chi connectivity index (χ2v) is 8.51. The van der Waals surface area contributed by atoms with Gasteiger partial charge >= 0.3 is 0 Å². The molecule has 11 nitrogen and oxygen atoms in total. The van der Waals surface area contributed by atoms with E-state index in [1.807, 2.05) is 6.92 Å². The number of amides is 2. The van der Waals surface area contributed by atoms with E-state index in [9.17, 15) is 18.0 Å². The number of sulfonamides is 1. The summed E-state index contributed by atoms with van der Waals surface area (Å²) < 4.78 is 33.7. The molecule has 1 aliphatic rings. The van der Waals surface area contributed by atoms with Crippen LogP contribution in [0, 0.1) is 0 Å². The van der Waals surface area contributed by atoms with E-state index in [1.165, 1.54) is 34.4 Å². The number of nitrogens with zero attached hydrogens (tertiary/aromatic N) is 5. The summed E-state index contributed by atoms with van der Waals surface area (Å²) in [6.07, 6.45) is 1.39. The largest absolute Gasteiger partial charge is 0.494 e. The van der Waals surface area contributed by atoms with Crippen LogP contribution in [0.3, 0.4) is 0 Å². The lowest BCUT2D eigenvalue weighted by molar-refractivity contribution is -0.133. The Balaban J connectivity index is 1.57. The number of benzene rings is 1. The maximum Gasteiger partial charge on any atom is 0.273 e. The van der Waals surface area contributed by atoms with Crippen molar-refractivity contribution in [2.75, 3.05) is 39.8 Å². The third-order valence-electron chi connectivity index (χ3n) is 4.66. The van der Waals surface area contributed by atoms with Gasteiger partial charge in [-0.2, -0.15) is 4.31 Å². The van der Waals surface area contributed by atoms with Crippen molar-refractivity contribution in [1.82, 2.24) is 29.5 Å². The Bertz CT molecular complexity index is 996. The number of ether oxygens (including phenoxy) is 1. The molecule has 0 spiro atoms. The van der Waals surface area contributed by atoms with Gasteiger partial charge in [0, 0.05) is 33.2 Å². The van der Waals surface area contributed by atoms with Gasteiger partial charge in [0.05, 0.1) is 17.7 Å². The second kappa shape index (κ2) is 9.22. The average Bonchev–Trinajstić information content (AvgIpc) is 3.22. The lowest BCUT2D eigenvalue weighted by Crippen LogP contribution is -2.51. The van der Waals surface area contributed by atoms with Crippen LogP contribution < -0.4 is 10.1 Å². The van der Waals surface area contributed by atoms with Gasteiger partial charge in [-0.1, -0.05) is 5.21 Å². The molecule has 30 heavy (non-hydrogen) atoms. The zero-order chi connectivity index (χ0) is 21.7. The fraction of sp³-hybridized carbons (Fsp3) is 0.444. The molecule has 1 fully saturated rings. The van der Waals surface area contributed by atoms with Crippen molar-refractivity contribution in [2.45, 2.75) is 18.4 Å². The van der Waals surface area contributed by atoms with Crippen LogP contribution in [0.1, 0.15) is 17.4 Å². The van der Waals surface area contributed by atoms with Gasteiger partial charge in [0.1, 0.15) is 12.3 Å². The summed E-state index contributed by atoms with van der Waals surface area (Å²) in [4.78, 5) is 25.8. The van der Waals surface area contributed by atoms with E-state index in [0.717, 1.165) is 0 Å². The predicted octanol–water partition coefficient (Wildman–Crippen LogP) is -0.430. The highest BCUT2D eigenvalue weighted by Crippen LogP contribution is 2.21. The quantitative estimate of drug-likeness (QED) is 0.624. The van der Waals surface area contributed by atoms with E-state index in [-0.39, 0.29) is 55.1 Å². The van der Waals surface area contributed by atoms with Crippen LogP contribution in [-0.2, 0) is 21.4 Å². The Morgan fingerprint density at radius 2 is 1.80 bits per heavy atom. The van der Waals surface area contributed by atoms with Gasteiger partial charge in [-0.25, -0.2) is 13.1 Å². The summed E-state index contributed by atoms with van der Waals surface area (Å²) in [5, 5.41) is 9.92. The number of piperazine rings is 1. The fourth-order valence-corrected chi connectivity index (χ4v) is 4.47. The van der Waals surface area contributed by atoms with Crippen LogP contribution in [0.4, 0.5) is 0 Å². The molecule has 1 aromatic carbocycles. The molecular formula is C18H24N6O5S. The van der Waals surface area contributed by atoms with E-state index in [1.54, 1.807) is 17.0 Å². The molecule has 2 heterocycles. The Morgan fingerprint density at radius 1 is 1.13 bits per heavy atom. The predicted molar refractivity (Wildman–Crippen MR) is 106 cm³/mol. The van der Waals surface area contributed by atoms with Gasteiger partial charge in [0.2, 0.25) is 15.9 Å².